The van der Waals surface area contributed by atoms with Crippen molar-refractivity contribution in [2.75, 3.05) is 11.9 Å². The van der Waals surface area contributed by atoms with E-state index in [2.05, 4.69) is 5.32 Å². The number of nitrogens with one attached hydrogen (secondary N) is 1. The van der Waals surface area contributed by atoms with Gasteiger partial charge in [0, 0.05) is 25.3 Å². The Kier molecular flexibility index (Phi) is 5.04. The number of carbonyl (C=O) groups excluding carboxylic acids is 3. The van der Waals surface area contributed by atoms with Gasteiger partial charge >= 0.3 is 17.8 Å². The van der Waals surface area contributed by atoms with Gasteiger partial charge in [-0.3, -0.25) is 9.59 Å². The summed E-state index contributed by atoms with van der Waals surface area (Å²) in [5.74, 6) is -0.628. The summed E-state index contributed by atoms with van der Waals surface area (Å²) in [6.07, 6.45) is -4.30. The molecule has 11 nitrogen and oxygen atoms in total. The molecule has 3 heterocycles. The van der Waals surface area contributed by atoms with Gasteiger partial charge in [0.2, 0.25) is 18.3 Å². The maximum Gasteiger partial charge on any atom is 0.509 e. The van der Waals surface area contributed by atoms with Gasteiger partial charge in [-0.2, -0.15) is 0 Å². The third-order valence-electron chi connectivity index (χ3n) is 4.45. The second kappa shape index (κ2) is 7.67. The number of carbonyl (C=O) groups is 3. The Bertz CT molecular complexity index is 1080. The van der Waals surface area contributed by atoms with Crippen molar-refractivity contribution in [1.82, 2.24) is 0 Å². The minimum atomic E-state index is -1.02. The summed E-state index contributed by atoms with van der Waals surface area (Å²) in [6.45, 7) is 2.40. The van der Waals surface area contributed by atoms with Gasteiger partial charge in [-0.25, -0.2) is 9.59 Å². The number of amides is 1. The largest absolute Gasteiger partial charge is 0.509 e. The SMILES string of the molecule is CC(=O)Nc1cc2ccc(OC3OC(COC(C)=O)C4OC(=O)OC34)cc2oc1=O. The lowest BCUT2D eigenvalue weighted by Gasteiger charge is -2.18. The third-order valence-corrected chi connectivity index (χ3v) is 4.45. The van der Waals surface area contributed by atoms with Crippen LogP contribution in [0.15, 0.2) is 33.5 Å². The summed E-state index contributed by atoms with van der Waals surface area (Å²) < 4.78 is 31.8. The van der Waals surface area contributed by atoms with E-state index in [1.807, 2.05) is 0 Å². The number of hydrogen-bond donors (Lipinski definition) is 1. The van der Waals surface area contributed by atoms with E-state index in [4.69, 9.17) is 28.1 Å². The zero-order valence-electron chi connectivity index (χ0n) is 15.9. The van der Waals surface area contributed by atoms with Gasteiger partial charge < -0.3 is 33.4 Å². The molecule has 11 heteroatoms. The summed E-state index contributed by atoms with van der Waals surface area (Å²) in [5.41, 5.74) is -0.474. The number of ether oxygens (including phenoxy) is 5. The van der Waals surface area contributed by atoms with Crippen molar-refractivity contribution >= 4 is 34.7 Å². The van der Waals surface area contributed by atoms with E-state index in [0.29, 0.717) is 5.39 Å². The zero-order valence-corrected chi connectivity index (χ0v) is 15.9. The van der Waals surface area contributed by atoms with Crippen LogP contribution in [0.25, 0.3) is 11.0 Å². The van der Waals surface area contributed by atoms with Gasteiger partial charge in [-0.15, -0.1) is 0 Å². The maximum atomic E-state index is 12.0. The highest BCUT2D eigenvalue weighted by Crippen LogP contribution is 2.34. The van der Waals surface area contributed by atoms with Crippen LogP contribution in [-0.4, -0.2) is 49.2 Å². The highest BCUT2D eigenvalue weighted by Gasteiger charge is 2.56. The van der Waals surface area contributed by atoms with Crippen LogP contribution in [0.3, 0.4) is 0 Å². The number of benzene rings is 1. The molecule has 158 valence electrons. The van der Waals surface area contributed by atoms with Crippen LogP contribution in [0.2, 0.25) is 0 Å². The molecular formula is C19H17NO10. The topological polar surface area (TPSA) is 140 Å². The molecule has 4 atom stereocenters. The summed E-state index contributed by atoms with van der Waals surface area (Å²) in [7, 11) is 0. The Hall–Kier alpha value is -3.60. The molecule has 1 aromatic carbocycles. The summed E-state index contributed by atoms with van der Waals surface area (Å²) >= 11 is 0. The number of hydrogen-bond acceptors (Lipinski definition) is 10. The fourth-order valence-electron chi connectivity index (χ4n) is 3.21. The van der Waals surface area contributed by atoms with Gasteiger partial charge in [-0.1, -0.05) is 0 Å². The first-order valence-corrected chi connectivity index (χ1v) is 8.98. The Labute approximate surface area is 168 Å². The van der Waals surface area contributed by atoms with Crippen LogP contribution < -0.4 is 15.7 Å². The van der Waals surface area contributed by atoms with Crippen molar-refractivity contribution < 1.29 is 42.5 Å². The highest BCUT2D eigenvalue weighted by atomic mass is 16.8. The van der Waals surface area contributed by atoms with Crippen LogP contribution in [0.4, 0.5) is 10.5 Å². The number of fused-ring (bicyclic) bond motifs is 2. The Morgan fingerprint density at radius 2 is 1.87 bits per heavy atom. The minimum Gasteiger partial charge on any atom is -0.463 e. The normalized spacial score (nSPS) is 24.7. The Morgan fingerprint density at radius 3 is 2.60 bits per heavy atom. The first-order valence-electron chi connectivity index (χ1n) is 8.98. The van der Waals surface area contributed by atoms with E-state index in [9.17, 15) is 19.2 Å². The first kappa shape index (κ1) is 19.7. The Morgan fingerprint density at radius 1 is 1.10 bits per heavy atom. The van der Waals surface area contributed by atoms with Gasteiger partial charge in [0.15, 0.2) is 6.10 Å². The van der Waals surface area contributed by atoms with Gasteiger partial charge in [0.1, 0.15) is 29.7 Å². The molecule has 30 heavy (non-hydrogen) atoms. The van der Waals surface area contributed by atoms with E-state index in [1.165, 1.54) is 26.0 Å². The van der Waals surface area contributed by atoms with Gasteiger partial charge in [-0.05, 0) is 18.2 Å². The molecule has 0 bridgehead atoms. The molecule has 0 spiro atoms. The van der Waals surface area contributed by atoms with Gasteiger partial charge in [0.05, 0.1) is 0 Å². The zero-order chi connectivity index (χ0) is 21.4. The molecule has 2 aliphatic heterocycles. The predicted octanol–water partition coefficient (Wildman–Crippen LogP) is 1.32. The van der Waals surface area contributed by atoms with Crippen LogP contribution >= 0.6 is 0 Å². The van der Waals surface area contributed by atoms with Crippen LogP contribution in [0.1, 0.15) is 13.8 Å². The quantitative estimate of drug-likeness (QED) is 0.557. The molecule has 4 rings (SSSR count). The molecule has 2 fully saturated rings. The lowest BCUT2D eigenvalue weighted by atomic mass is 10.1. The average molecular weight is 419 g/mol. The summed E-state index contributed by atoms with van der Waals surface area (Å²) in [4.78, 5) is 45.8. The van der Waals surface area contributed by atoms with Crippen molar-refractivity contribution in [3.8, 4) is 5.75 Å². The third kappa shape index (κ3) is 3.92. The number of anilines is 1. The van der Waals surface area contributed by atoms with E-state index in [-0.39, 0.29) is 23.6 Å². The van der Waals surface area contributed by atoms with E-state index in [0.717, 1.165) is 0 Å². The van der Waals surface area contributed by atoms with Crippen molar-refractivity contribution in [3.05, 3.63) is 34.7 Å². The lowest BCUT2D eigenvalue weighted by Crippen LogP contribution is -2.33. The van der Waals surface area contributed by atoms with E-state index in [1.54, 1.807) is 12.1 Å². The fraction of sp³-hybridized carbons (Fsp3) is 0.368. The fourth-order valence-corrected chi connectivity index (χ4v) is 3.21. The molecule has 0 radical (unpaired) electrons. The van der Waals surface area contributed by atoms with Gasteiger partial charge in [0.25, 0.3) is 0 Å². The molecule has 1 aromatic heterocycles. The lowest BCUT2D eigenvalue weighted by molar-refractivity contribution is -0.154. The molecule has 0 saturated carbocycles. The van der Waals surface area contributed by atoms with Crippen LogP contribution in [-0.2, 0) is 28.5 Å². The summed E-state index contributed by atoms with van der Waals surface area (Å²) in [5, 5.41) is 2.95. The van der Waals surface area contributed by atoms with Crippen LogP contribution in [0.5, 0.6) is 5.75 Å². The monoisotopic (exact) mass is 419 g/mol. The minimum absolute atomic E-state index is 0.0222. The highest BCUT2D eigenvalue weighted by molar-refractivity contribution is 5.91. The Balaban J connectivity index is 1.54. The molecular weight excluding hydrogens is 402 g/mol. The molecule has 1 amide bonds. The number of rotatable bonds is 5. The number of esters is 1. The molecule has 2 aromatic rings. The van der Waals surface area contributed by atoms with Crippen molar-refractivity contribution in [3.63, 3.8) is 0 Å². The second-order valence-corrected chi connectivity index (χ2v) is 6.71. The van der Waals surface area contributed by atoms with Crippen molar-refractivity contribution in [2.24, 2.45) is 0 Å². The first-order chi connectivity index (χ1) is 14.3. The standard InChI is InChI=1S/C19H17NO10/c1-8(21)20-12-5-10-3-4-11(6-13(10)27-17(12)23)26-18-16-15(29-19(24)30-16)14(28-18)7-25-9(2)22/h3-6,14-16,18H,7H2,1-2H3,(H,20,21). The van der Waals surface area contributed by atoms with Crippen molar-refractivity contribution in [2.45, 2.75) is 38.4 Å². The van der Waals surface area contributed by atoms with E-state index < -0.39 is 48.3 Å². The summed E-state index contributed by atoms with van der Waals surface area (Å²) in [6, 6.07) is 6.16. The maximum absolute atomic E-state index is 12.0. The molecule has 2 aliphatic rings. The van der Waals surface area contributed by atoms with Crippen LogP contribution in [0, 0.1) is 0 Å². The van der Waals surface area contributed by atoms with Crippen molar-refractivity contribution in [1.29, 1.82) is 0 Å². The predicted molar refractivity (Wildman–Crippen MR) is 97.9 cm³/mol. The second-order valence-electron chi connectivity index (χ2n) is 6.71. The molecule has 2 saturated heterocycles. The molecule has 0 aliphatic carbocycles. The van der Waals surface area contributed by atoms with E-state index >= 15 is 0 Å². The average Bonchev–Trinajstić information content (AvgIpc) is 3.19. The molecule has 4 unspecified atom stereocenters. The smallest absolute Gasteiger partial charge is 0.463 e. The molecule has 1 N–H and O–H groups in total.